The molecule has 0 aliphatic rings. The van der Waals surface area contributed by atoms with E-state index in [4.69, 9.17) is 23.1 Å². The van der Waals surface area contributed by atoms with Crippen molar-refractivity contribution < 1.29 is 4.79 Å². The summed E-state index contributed by atoms with van der Waals surface area (Å²) >= 11 is 6.92. The average molecular weight is 454 g/mol. The summed E-state index contributed by atoms with van der Waals surface area (Å²) in [4.78, 5) is 13.3. The Bertz CT molecular complexity index is 1050. The van der Waals surface area contributed by atoms with E-state index in [-0.39, 0.29) is 5.78 Å². The molecule has 0 bridgehead atoms. The van der Waals surface area contributed by atoms with E-state index in [9.17, 15) is 4.79 Å². The number of unbranched alkanes of at least 4 members (excludes halogenated alkanes) is 4. The molecule has 0 unspecified atom stereocenters. The maximum atomic E-state index is 13.3. The highest BCUT2D eigenvalue weighted by Gasteiger charge is 2.22. The zero-order valence-corrected chi connectivity index (χ0v) is 19.9. The lowest BCUT2D eigenvalue weighted by Crippen LogP contribution is -2.30. The largest absolute Gasteiger partial charge is 0.330 e. The number of Topliss-reactive ketones (excluding diaryl/α,β-unsaturated/α-hetero) is 1. The van der Waals surface area contributed by atoms with E-state index < -0.39 is 6.04 Å². The van der Waals surface area contributed by atoms with E-state index in [0.717, 1.165) is 47.5 Å². The summed E-state index contributed by atoms with van der Waals surface area (Å²) in [5.74, 6) is -0.0525. The molecule has 0 radical (unpaired) electrons. The van der Waals surface area contributed by atoms with E-state index >= 15 is 0 Å². The highest BCUT2D eigenvalue weighted by atomic mass is 35.5. The molecule has 5 N–H and O–H groups in total. The van der Waals surface area contributed by atoms with Crippen LogP contribution in [0.25, 0.3) is 21.5 Å². The average Bonchev–Trinajstić information content (AvgIpc) is 2.82. The summed E-state index contributed by atoms with van der Waals surface area (Å²) in [6.45, 7) is 4.55. The molecular weight excluding hydrogens is 418 g/mol. The minimum absolute atomic E-state index is 0.0525. The fourth-order valence-electron chi connectivity index (χ4n) is 4.38. The van der Waals surface area contributed by atoms with Gasteiger partial charge < -0.3 is 16.8 Å². The number of carbonyl (C=O) groups is 1. The number of nitrogens with one attached hydrogen (secondary N) is 1. The Morgan fingerprint density at radius 2 is 1.72 bits per heavy atom. The molecule has 5 heteroatoms. The molecule has 0 spiro atoms. The molecule has 0 aliphatic carbocycles. The van der Waals surface area contributed by atoms with Crippen molar-refractivity contribution in [2.24, 2.45) is 11.5 Å². The van der Waals surface area contributed by atoms with Crippen LogP contribution in [0.1, 0.15) is 67.8 Å². The van der Waals surface area contributed by atoms with Gasteiger partial charge in [0.25, 0.3) is 0 Å². The molecule has 3 aromatic carbocycles. The van der Waals surface area contributed by atoms with E-state index in [2.05, 4.69) is 24.4 Å². The van der Waals surface area contributed by atoms with Gasteiger partial charge in [-0.05, 0) is 48.7 Å². The molecule has 0 aromatic heterocycles. The standard InChI is InChI=1S/C27H36ClN3O/c1-2-3-4-9-17-31-18-23-19-11-5-6-12-21(19)26(28)25-20(23)13-10-14-22(25)27(32)24(30)15-7-8-16-29/h5-6,10-14,24,31H,2-4,7-9,15-18,29-30H2,1H3/t24-/m0/s1. The zero-order valence-electron chi connectivity index (χ0n) is 19.1. The van der Waals surface area contributed by atoms with Crippen LogP contribution in [-0.2, 0) is 6.54 Å². The number of fused-ring (bicyclic) bond motifs is 2. The first-order valence-corrected chi connectivity index (χ1v) is 12.3. The van der Waals surface area contributed by atoms with Crippen LogP contribution < -0.4 is 16.8 Å². The molecule has 3 rings (SSSR count). The molecular formula is C27H36ClN3O. The number of hydrogen-bond donors (Lipinski definition) is 3. The Kier molecular flexibility index (Phi) is 9.49. The number of nitrogens with two attached hydrogens (primary N) is 2. The number of hydrogen-bond acceptors (Lipinski definition) is 4. The number of ketones is 1. The fraction of sp³-hybridized carbons (Fsp3) is 0.444. The van der Waals surface area contributed by atoms with Crippen molar-refractivity contribution in [3.63, 3.8) is 0 Å². The van der Waals surface area contributed by atoms with Gasteiger partial charge in [-0.25, -0.2) is 0 Å². The minimum Gasteiger partial charge on any atom is -0.330 e. The van der Waals surface area contributed by atoms with Crippen LogP contribution in [-0.4, -0.2) is 24.9 Å². The lowest BCUT2D eigenvalue weighted by Gasteiger charge is -2.18. The first kappa shape index (κ1) is 24.7. The Morgan fingerprint density at radius 1 is 0.969 bits per heavy atom. The van der Waals surface area contributed by atoms with Crippen LogP contribution in [0.5, 0.6) is 0 Å². The van der Waals surface area contributed by atoms with Crippen LogP contribution in [0, 0.1) is 0 Å². The molecule has 0 saturated carbocycles. The summed E-state index contributed by atoms with van der Waals surface area (Å²) < 4.78 is 0. The number of carbonyl (C=O) groups excluding carboxylic acids is 1. The monoisotopic (exact) mass is 453 g/mol. The Hall–Kier alpha value is -1.98. The van der Waals surface area contributed by atoms with Gasteiger partial charge in [0.05, 0.1) is 11.1 Å². The molecule has 0 saturated heterocycles. The molecule has 4 nitrogen and oxygen atoms in total. The minimum atomic E-state index is -0.546. The number of benzene rings is 3. The second-order valence-corrected chi connectivity index (χ2v) is 8.94. The molecule has 0 aliphatic heterocycles. The predicted molar refractivity (Wildman–Crippen MR) is 138 cm³/mol. The molecule has 172 valence electrons. The van der Waals surface area contributed by atoms with Crippen LogP contribution in [0.2, 0.25) is 5.02 Å². The van der Waals surface area contributed by atoms with Crippen molar-refractivity contribution in [1.82, 2.24) is 5.32 Å². The van der Waals surface area contributed by atoms with Crippen molar-refractivity contribution in [3.05, 3.63) is 58.6 Å². The van der Waals surface area contributed by atoms with Crippen molar-refractivity contribution in [2.75, 3.05) is 13.1 Å². The summed E-state index contributed by atoms with van der Waals surface area (Å²) in [7, 11) is 0. The molecule has 0 fully saturated rings. The van der Waals surface area contributed by atoms with E-state index in [1.165, 1.54) is 31.2 Å². The van der Waals surface area contributed by atoms with Crippen LogP contribution in [0.4, 0.5) is 0 Å². The molecule has 1 atom stereocenters. The van der Waals surface area contributed by atoms with Gasteiger partial charge in [0.1, 0.15) is 0 Å². The van der Waals surface area contributed by atoms with Crippen LogP contribution in [0.15, 0.2) is 42.5 Å². The van der Waals surface area contributed by atoms with Gasteiger partial charge in [-0.3, -0.25) is 4.79 Å². The predicted octanol–water partition coefficient (Wildman–Crippen LogP) is 5.96. The first-order chi connectivity index (χ1) is 15.6. The molecule has 32 heavy (non-hydrogen) atoms. The van der Waals surface area contributed by atoms with Gasteiger partial charge >= 0.3 is 0 Å². The quantitative estimate of drug-likeness (QED) is 0.169. The second kappa shape index (κ2) is 12.3. The lowest BCUT2D eigenvalue weighted by atomic mass is 9.90. The normalized spacial score (nSPS) is 12.5. The van der Waals surface area contributed by atoms with Gasteiger partial charge in [-0.1, -0.05) is 86.7 Å². The third-order valence-corrected chi connectivity index (χ3v) is 6.57. The van der Waals surface area contributed by atoms with Gasteiger partial charge in [0.15, 0.2) is 5.78 Å². The van der Waals surface area contributed by atoms with E-state index in [1.54, 1.807) is 0 Å². The maximum absolute atomic E-state index is 13.3. The first-order valence-electron chi connectivity index (χ1n) is 11.9. The summed E-state index contributed by atoms with van der Waals surface area (Å²) in [6, 6.07) is 13.5. The highest BCUT2D eigenvalue weighted by molar-refractivity contribution is 6.42. The van der Waals surface area contributed by atoms with E-state index in [1.807, 2.05) is 30.3 Å². The van der Waals surface area contributed by atoms with Gasteiger partial charge in [0, 0.05) is 22.9 Å². The smallest absolute Gasteiger partial charge is 0.180 e. The van der Waals surface area contributed by atoms with Crippen molar-refractivity contribution >= 4 is 38.9 Å². The van der Waals surface area contributed by atoms with Crippen molar-refractivity contribution in [3.8, 4) is 0 Å². The van der Waals surface area contributed by atoms with E-state index in [0.29, 0.717) is 23.6 Å². The van der Waals surface area contributed by atoms with Gasteiger partial charge in [-0.2, -0.15) is 0 Å². The maximum Gasteiger partial charge on any atom is 0.180 e. The highest BCUT2D eigenvalue weighted by Crippen LogP contribution is 2.38. The van der Waals surface area contributed by atoms with Crippen LogP contribution >= 0.6 is 11.6 Å². The Balaban J connectivity index is 2.00. The second-order valence-electron chi connectivity index (χ2n) is 8.56. The van der Waals surface area contributed by atoms with Crippen molar-refractivity contribution in [2.45, 2.75) is 64.5 Å². The van der Waals surface area contributed by atoms with Gasteiger partial charge in [-0.15, -0.1) is 0 Å². The number of rotatable bonds is 13. The van der Waals surface area contributed by atoms with Crippen molar-refractivity contribution in [1.29, 1.82) is 0 Å². The molecule has 3 aromatic rings. The van der Waals surface area contributed by atoms with Gasteiger partial charge in [0.2, 0.25) is 0 Å². The third kappa shape index (κ3) is 5.68. The van der Waals surface area contributed by atoms with Crippen LogP contribution in [0.3, 0.4) is 0 Å². The fourth-order valence-corrected chi connectivity index (χ4v) is 4.75. The zero-order chi connectivity index (χ0) is 22.9. The Morgan fingerprint density at radius 3 is 2.47 bits per heavy atom. The molecule has 0 heterocycles. The summed E-state index contributed by atoms with van der Waals surface area (Å²) in [6.07, 6.45) is 7.26. The Labute approximate surface area is 196 Å². The molecule has 0 amide bonds. The third-order valence-electron chi connectivity index (χ3n) is 6.18. The topological polar surface area (TPSA) is 81.1 Å². The summed E-state index contributed by atoms with van der Waals surface area (Å²) in [5, 5.41) is 8.17. The number of halogens is 1. The summed E-state index contributed by atoms with van der Waals surface area (Å²) in [5.41, 5.74) is 13.7. The lowest BCUT2D eigenvalue weighted by molar-refractivity contribution is 0.0957. The SMILES string of the molecule is CCCCCCNCc1c2ccccc2c(Cl)c2c(C(=O)[C@@H](N)CCCCN)cccc12.